The van der Waals surface area contributed by atoms with Gasteiger partial charge < -0.3 is 5.32 Å². The predicted molar refractivity (Wildman–Crippen MR) is 115 cm³/mol. The maximum atomic E-state index is 12.4. The third-order valence-corrected chi connectivity index (χ3v) is 6.77. The Kier molecular flexibility index (Phi) is 6.46. The van der Waals surface area contributed by atoms with E-state index in [0.717, 1.165) is 21.8 Å². The van der Waals surface area contributed by atoms with E-state index in [4.69, 9.17) is 0 Å². The molecule has 0 radical (unpaired) electrons. The highest BCUT2D eigenvalue weighted by atomic mass is 32.2. The molecular formula is C21H23N3O3S2. The second-order valence-electron chi connectivity index (χ2n) is 6.87. The third kappa shape index (κ3) is 5.50. The number of benzene rings is 2. The van der Waals surface area contributed by atoms with Crippen LogP contribution in [0.1, 0.15) is 23.1 Å². The molecule has 152 valence electrons. The molecule has 0 saturated heterocycles. The Morgan fingerprint density at radius 2 is 1.62 bits per heavy atom. The van der Waals surface area contributed by atoms with Gasteiger partial charge in [0.05, 0.1) is 23.2 Å². The highest BCUT2D eigenvalue weighted by Crippen LogP contribution is 2.22. The van der Waals surface area contributed by atoms with Gasteiger partial charge >= 0.3 is 0 Å². The topological polar surface area (TPSA) is 88.2 Å². The SMILES string of the molecule is Cc1ccc(-c2csc(CNC(=O)[C@H](C)NS(=O)(=O)c3ccc(C)cc3)n2)cc1. The largest absolute Gasteiger partial charge is 0.348 e. The molecule has 1 heterocycles. The summed E-state index contributed by atoms with van der Waals surface area (Å²) in [5.74, 6) is -0.409. The van der Waals surface area contributed by atoms with Gasteiger partial charge in [-0.25, -0.2) is 13.4 Å². The zero-order chi connectivity index (χ0) is 21.0. The van der Waals surface area contributed by atoms with Crippen LogP contribution in [0.2, 0.25) is 0 Å². The molecule has 0 bridgehead atoms. The summed E-state index contributed by atoms with van der Waals surface area (Å²) in [6.07, 6.45) is 0. The van der Waals surface area contributed by atoms with Crippen molar-refractivity contribution in [3.8, 4) is 11.3 Å². The van der Waals surface area contributed by atoms with Crippen LogP contribution in [0.3, 0.4) is 0 Å². The molecule has 0 saturated carbocycles. The number of aryl methyl sites for hydroxylation is 2. The number of hydrogen-bond acceptors (Lipinski definition) is 5. The lowest BCUT2D eigenvalue weighted by Crippen LogP contribution is -2.44. The molecule has 29 heavy (non-hydrogen) atoms. The second-order valence-corrected chi connectivity index (χ2v) is 9.52. The molecule has 3 rings (SSSR count). The number of rotatable bonds is 7. The van der Waals surface area contributed by atoms with Crippen LogP contribution in [0.15, 0.2) is 58.8 Å². The van der Waals surface area contributed by atoms with Crippen molar-refractivity contribution in [2.24, 2.45) is 0 Å². The molecule has 2 aromatic carbocycles. The molecule has 2 N–H and O–H groups in total. The summed E-state index contributed by atoms with van der Waals surface area (Å²) in [5.41, 5.74) is 4.01. The van der Waals surface area contributed by atoms with E-state index < -0.39 is 22.0 Å². The van der Waals surface area contributed by atoms with Gasteiger partial charge in [-0.1, -0.05) is 47.5 Å². The maximum absolute atomic E-state index is 12.4. The molecule has 1 amide bonds. The fourth-order valence-corrected chi connectivity index (χ4v) is 4.58. The van der Waals surface area contributed by atoms with E-state index in [1.807, 2.05) is 43.5 Å². The number of nitrogens with zero attached hydrogens (tertiary/aromatic N) is 1. The van der Waals surface area contributed by atoms with Crippen molar-refractivity contribution in [2.75, 3.05) is 0 Å². The summed E-state index contributed by atoms with van der Waals surface area (Å²) in [6, 6.07) is 13.6. The number of sulfonamides is 1. The van der Waals surface area contributed by atoms with E-state index in [2.05, 4.69) is 15.0 Å². The molecule has 1 atom stereocenters. The van der Waals surface area contributed by atoms with Gasteiger partial charge in [-0.15, -0.1) is 11.3 Å². The molecule has 0 spiro atoms. The molecule has 0 aliphatic rings. The number of carbonyl (C=O) groups is 1. The van der Waals surface area contributed by atoms with Gasteiger partial charge in [-0.05, 0) is 32.9 Å². The Morgan fingerprint density at radius 1 is 1.03 bits per heavy atom. The first-order valence-corrected chi connectivity index (χ1v) is 11.5. The lowest BCUT2D eigenvalue weighted by molar-refractivity contribution is -0.122. The van der Waals surface area contributed by atoms with Crippen LogP contribution in [-0.2, 0) is 21.4 Å². The van der Waals surface area contributed by atoms with Crippen LogP contribution in [0.25, 0.3) is 11.3 Å². The number of amides is 1. The Morgan fingerprint density at radius 3 is 2.24 bits per heavy atom. The summed E-state index contributed by atoms with van der Waals surface area (Å²) < 4.78 is 27.2. The molecule has 0 unspecified atom stereocenters. The minimum absolute atomic E-state index is 0.130. The third-order valence-electron chi connectivity index (χ3n) is 4.37. The standard InChI is InChI=1S/C21H23N3O3S2/c1-14-4-8-17(9-5-14)19-13-28-20(23-19)12-22-21(25)16(3)24-29(26,27)18-10-6-15(2)7-11-18/h4-11,13,16,24H,12H2,1-3H3,(H,22,25)/t16-/m0/s1. The molecule has 1 aromatic heterocycles. The zero-order valence-electron chi connectivity index (χ0n) is 16.5. The Labute approximate surface area is 175 Å². The van der Waals surface area contributed by atoms with E-state index in [1.54, 1.807) is 12.1 Å². The molecule has 8 heteroatoms. The van der Waals surface area contributed by atoms with Gasteiger partial charge in [0.2, 0.25) is 15.9 Å². The Bertz CT molecular complexity index is 1090. The number of carbonyl (C=O) groups excluding carboxylic acids is 1. The van der Waals surface area contributed by atoms with Gasteiger partial charge in [0, 0.05) is 10.9 Å². The maximum Gasteiger partial charge on any atom is 0.241 e. The van der Waals surface area contributed by atoms with Gasteiger partial charge in [-0.3, -0.25) is 4.79 Å². The highest BCUT2D eigenvalue weighted by molar-refractivity contribution is 7.89. The second kappa shape index (κ2) is 8.86. The van der Waals surface area contributed by atoms with E-state index in [-0.39, 0.29) is 11.4 Å². The smallest absolute Gasteiger partial charge is 0.241 e. The molecule has 0 aliphatic heterocycles. The molecule has 0 fully saturated rings. The van der Waals surface area contributed by atoms with Gasteiger partial charge in [-0.2, -0.15) is 4.72 Å². The number of hydrogen-bond donors (Lipinski definition) is 2. The van der Waals surface area contributed by atoms with E-state index in [0.29, 0.717) is 0 Å². The van der Waals surface area contributed by atoms with Crippen LogP contribution in [0, 0.1) is 13.8 Å². The molecule has 3 aromatic rings. The molecule has 6 nitrogen and oxygen atoms in total. The van der Waals surface area contributed by atoms with E-state index in [9.17, 15) is 13.2 Å². The molecule has 0 aliphatic carbocycles. The predicted octanol–water partition coefficient (Wildman–Crippen LogP) is 3.41. The number of thiazole rings is 1. The van der Waals surface area contributed by atoms with Crippen LogP contribution < -0.4 is 10.0 Å². The first-order chi connectivity index (χ1) is 13.7. The van der Waals surface area contributed by atoms with Crippen molar-refractivity contribution >= 4 is 27.3 Å². The van der Waals surface area contributed by atoms with E-state index in [1.165, 1.54) is 36.0 Å². The zero-order valence-corrected chi connectivity index (χ0v) is 18.1. The average molecular weight is 430 g/mol. The average Bonchev–Trinajstić information content (AvgIpc) is 3.15. The van der Waals surface area contributed by atoms with Crippen molar-refractivity contribution in [1.82, 2.24) is 15.0 Å². The van der Waals surface area contributed by atoms with Crippen LogP contribution in [-0.4, -0.2) is 25.4 Å². The fourth-order valence-electron chi connectivity index (χ4n) is 2.64. The van der Waals surface area contributed by atoms with E-state index >= 15 is 0 Å². The quantitative estimate of drug-likeness (QED) is 0.602. The Hall–Kier alpha value is -2.55. The van der Waals surface area contributed by atoms with Gasteiger partial charge in [0.25, 0.3) is 0 Å². The monoisotopic (exact) mass is 429 g/mol. The lowest BCUT2D eigenvalue weighted by atomic mass is 10.1. The van der Waals surface area contributed by atoms with Crippen molar-refractivity contribution in [2.45, 2.75) is 38.3 Å². The van der Waals surface area contributed by atoms with Gasteiger partial charge in [0.1, 0.15) is 5.01 Å². The molecular weight excluding hydrogens is 406 g/mol. The lowest BCUT2D eigenvalue weighted by Gasteiger charge is -2.14. The fraction of sp³-hybridized carbons (Fsp3) is 0.238. The summed E-state index contributed by atoms with van der Waals surface area (Å²) in [5, 5.41) is 5.43. The normalized spacial score (nSPS) is 12.5. The summed E-state index contributed by atoms with van der Waals surface area (Å²) >= 11 is 1.45. The first-order valence-electron chi connectivity index (χ1n) is 9.13. The van der Waals surface area contributed by atoms with Crippen molar-refractivity contribution < 1.29 is 13.2 Å². The first kappa shape index (κ1) is 21.2. The number of nitrogens with one attached hydrogen (secondary N) is 2. The Balaban J connectivity index is 1.57. The minimum atomic E-state index is -3.76. The number of aromatic nitrogens is 1. The van der Waals surface area contributed by atoms with Crippen molar-refractivity contribution in [3.05, 3.63) is 70.0 Å². The minimum Gasteiger partial charge on any atom is -0.348 e. The van der Waals surface area contributed by atoms with Crippen molar-refractivity contribution in [1.29, 1.82) is 0 Å². The van der Waals surface area contributed by atoms with Crippen molar-refractivity contribution in [3.63, 3.8) is 0 Å². The summed E-state index contributed by atoms with van der Waals surface area (Å²) in [7, 11) is -3.76. The summed E-state index contributed by atoms with van der Waals surface area (Å²) in [6.45, 7) is 5.66. The van der Waals surface area contributed by atoms with Gasteiger partial charge in [0.15, 0.2) is 0 Å². The summed E-state index contributed by atoms with van der Waals surface area (Å²) in [4.78, 5) is 17.0. The highest BCUT2D eigenvalue weighted by Gasteiger charge is 2.22. The van der Waals surface area contributed by atoms with Crippen LogP contribution >= 0.6 is 11.3 Å². The van der Waals surface area contributed by atoms with Crippen LogP contribution in [0.4, 0.5) is 0 Å². The van der Waals surface area contributed by atoms with Crippen LogP contribution in [0.5, 0.6) is 0 Å².